The van der Waals surface area contributed by atoms with Gasteiger partial charge in [-0.05, 0) is 44.6 Å². The zero-order chi connectivity index (χ0) is 26.3. The number of aldehydes is 1. The van der Waals surface area contributed by atoms with E-state index in [9.17, 15) is 24.5 Å². The summed E-state index contributed by atoms with van der Waals surface area (Å²) in [5, 5.41) is 10.9. The van der Waals surface area contributed by atoms with Gasteiger partial charge in [-0.1, -0.05) is 43.7 Å². The second-order valence-corrected chi connectivity index (χ2v) is 9.50. The number of ether oxygens (including phenoxy) is 2. The van der Waals surface area contributed by atoms with Gasteiger partial charge in [0.25, 0.3) is 5.69 Å². The molecule has 10 heteroatoms. The lowest BCUT2D eigenvalue weighted by molar-refractivity contribution is -0.385. The molecule has 1 aliphatic carbocycles. The summed E-state index contributed by atoms with van der Waals surface area (Å²) in [5.41, 5.74) is -0.537. The van der Waals surface area contributed by atoms with Gasteiger partial charge in [-0.25, -0.2) is 0 Å². The van der Waals surface area contributed by atoms with Gasteiger partial charge in [0.2, 0.25) is 5.91 Å². The molecule has 200 valence electrons. The molecular weight excluding hydrogens is 488 g/mol. The molecule has 0 bridgehead atoms. The molecule has 1 aliphatic rings. The number of nitrogens with zero attached hydrogens (tertiary/aromatic N) is 2. The predicted octanol–water partition coefficient (Wildman–Crippen LogP) is 5.89. The minimum Gasteiger partial charge on any atom is -0.492 e. The summed E-state index contributed by atoms with van der Waals surface area (Å²) < 4.78 is 10.6. The normalized spacial score (nSPS) is 13.7. The summed E-state index contributed by atoms with van der Waals surface area (Å²) in [5.74, 6) is 0.170. The Bertz CT molecular complexity index is 887. The van der Waals surface area contributed by atoms with Crippen molar-refractivity contribution >= 4 is 35.5 Å². The van der Waals surface area contributed by atoms with E-state index in [-0.39, 0.29) is 33.9 Å². The molecule has 1 aromatic rings. The molecule has 0 atom stereocenters. The number of unbranched alkanes of at least 4 members (excludes halogenated alkanes) is 4. The van der Waals surface area contributed by atoms with Crippen molar-refractivity contribution in [2.75, 3.05) is 19.8 Å². The Morgan fingerprint density at radius 2 is 1.78 bits per heavy atom. The van der Waals surface area contributed by atoms with Gasteiger partial charge in [-0.15, -0.1) is 0 Å². The van der Waals surface area contributed by atoms with E-state index in [0.717, 1.165) is 64.2 Å². The van der Waals surface area contributed by atoms with E-state index in [1.807, 2.05) is 0 Å². The van der Waals surface area contributed by atoms with Crippen LogP contribution in [0.1, 0.15) is 94.3 Å². The van der Waals surface area contributed by atoms with Crippen LogP contribution in [-0.2, 0) is 14.3 Å². The molecule has 9 nitrogen and oxygen atoms in total. The summed E-state index contributed by atoms with van der Waals surface area (Å²) in [4.78, 5) is 47.5. The monoisotopic (exact) mass is 524 g/mol. The first-order valence-electron chi connectivity index (χ1n) is 12.8. The zero-order valence-corrected chi connectivity index (χ0v) is 21.8. The SMILES string of the molecule is CC(=O)OCCCCN(C(=O)CCCCCCOc1ccc([N+](=O)[O-])c(C=O)c1Cl)C1CCCCC1. The summed E-state index contributed by atoms with van der Waals surface area (Å²) in [7, 11) is 0. The van der Waals surface area contributed by atoms with E-state index >= 15 is 0 Å². The van der Waals surface area contributed by atoms with Crippen LogP contribution >= 0.6 is 11.6 Å². The molecule has 0 unspecified atom stereocenters. The average molecular weight is 525 g/mol. The number of nitro groups is 1. The second-order valence-electron chi connectivity index (χ2n) is 9.12. The second kappa shape index (κ2) is 16.1. The summed E-state index contributed by atoms with van der Waals surface area (Å²) >= 11 is 6.09. The molecule has 2 rings (SSSR count). The molecule has 1 aromatic carbocycles. The molecule has 0 aromatic heterocycles. The fourth-order valence-corrected chi connectivity index (χ4v) is 4.77. The van der Waals surface area contributed by atoms with Gasteiger partial charge < -0.3 is 14.4 Å². The lowest BCUT2D eigenvalue weighted by atomic mass is 9.93. The van der Waals surface area contributed by atoms with E-state index in [4.69, 9.17) is 21.1 Å². The zero-order valence-electron chi connectivity index (χ0n) is 21.0. The number of halogens is 1. The predicted molar refractivity (Wildman–Crippen MR) is 137 cm³/mol. The van der Waals surface area contributed by atoms with Crippen LogP contribution in [0.4, 0.5) is 5.69 Å². The first-order chi connectivity index (χ1) is 17.3. The number of carbonyl (C=O) groups is 3. The summed E-state index contributed by atoms with van der Waals surface area (Å²) in [6.07, 6.45) is 11.4. The maximum absolute atomic E-state index is 13.0. The van der Waals surface area contributed by atoms with Gasteiger partial charge in [0.1, 0.15) is 16.3 Å². The number of benzene rings is 1. The smallest absolute Gasteiger partial charge is 0.302 e. The number of carbonyl (C=O) groups excluding carboxylic acids is 3. The lowest BCUT2D eigenvalue weighted by Crippen LogP contribution is -2.42. The van der Waals surface area contributed by atoms with E-state index in [1.54, 1.807) is 0 Å². The number of rotatable bonds is 16. The fraction of sp³-hybridized carbons (Fsp3) is 0.654. The number of amides is 1. The van der Waals surface area contributed by atoms with Gasteiger partial charge in [0.05, 0.1) is 18.1 Å². The molecule has 0 spiro atoms. The molecule has 0 aliphatic heterocycles. The standard InChI is InChI=1S/C26H37ClN2O7/c1-20(31)35-17-10-8-16-28(21-11-5-4-6-12-21)25(32)13-7-2-3-9-18-36-24-15-14-23(29(33)34)22(19-30)26(24)27/h14-15,19,21H,2-13,16-18H2,1H3. The average Bonchev–Trinajstić information content (AvgIpc) is 2.86. The molecule has 0 saturated heterocycles. The highest BCUT2D eigenvalue weighted by Crippen LogP contribution is 2.33. The van der Waals surface area contributed by atoms with Crippen molar-refractivity contribution in [2.45, 2.75) is 90.0 Å². The van der Waals surface area contributed by atoms with E-state index in [0.29, 0.717) is 38.5 Å². The van der Waals surface area contributed by atoms with Crippen molar-refractivity contribution in [2.24, 2.45) is 0 Å². The van der Waals surface area contributed by atoms with Crippen LogP contribution in [0.15, 0.2) is 12.1 Å². The fourth-order valence-electron chi connectivity index (χ4n) is 4.51. The third kappa shape index (κ3) is 9.76. The van der Waals surface area contributed by atoms with E-state index in [2.05, 4.69) is 4.90 Å². The number of esters is 1. The van der Waals surface area contributed by atoms with Gasteiger partial charge in [-0.2, -0.15) is 0 Å². The highest BCUT2D eigenvalue weighted by atomic mass is 35.5. The topological polar surface area (TPSA) is 116 Å². The van der Waals surface area contributed by atoms with Gasteiger partial charge >= 0.3 is 5.97 Å². The lowest BCUT2D eigenvalue weighted by Gasteiger charge is -2.34. The van der Waals surface area contributed by atoms with Crippen LogP contribution in [0, 0.1) is 10.1 Å². The molecule has 0 radical (unpaired) electrons. The Kier molecular flexibility index (Phi) is 13.2. The van der Waals surface area contributed by atoms with Crippen LogP contribution in [-0.4, -0.2) is 53.8 Å². The van der Waals surface area contributed by atoms with Crippen molar-refractivity contribution in [3.8, 4) is 5.75 Å². The van der Waals surface area contributed by atoms with Gasteiger partial charge in [-0.3, -0.25) is 24.5 Å². The van der Waals surface area contributed by atoms with Gasteiger partial charge in [0, 0.05) is 32.0 Å². The summed E-state index contributed by atoms with van der Waals surface area (Å²) in [6, 6.07) is 2.93. The number of nitro benzene ring substituents is 1. The van der Waals surface area contributed by atoms with Crippen LogP contribution in [0.5, 0.6) is 5.75 Å². The maximum Gasteiger partial charge on any atom is 0.302 e. The van der Waals surface area contributed by atoms with Crippen LogP contribution in [0.2, 0.25) is 5.02 Å². The largest absolute Gasteiger partial charge is 0.492 e. The molecule has 0 N–H and O–H groups in total. The highest BCUT2D eigenvalue weighted by Gasteiger charge is 2.24. The third-order valence-corrected chi connectivity index (χ3v) is 6.80. The Morgan fingerprint density at radius 3 is 2.44 bits per heavy atom. The van der Waals surface area contributed by atoms with Crippen molar-refractivity contribution in [3.63, 3.8) is 0 Å². The minimum absolute atomic E-state index is 0.0551. The number of hydrogen-bond acceptors (Lipinski definition) is 7. The van der Waals surface area contributed by atoms with Gasteiger partial charge in [0.15, 0.2) is 6.29 Å². The highest BCUT2D eigenvalue weighted by molar-refractivity contribution is 6.34. The van der Waals surface area contributed by atoms with E-state index in [1.165, 1.54) is 25.5 Å². The van der Waals surface area contributed by atoms with Crippen LogP contribution in [0.25, 0.3) is 0 Å². The summed E-state index contributed by atoms with van der Waals surface area (Å²) in [6.45, 7) is 2.86. The first kappa shape index (κ1) is 29.5. The molecule has 0 heterocycles. The molecular formula is C26H37ClN2O7. The van der Waals surface area contributed by atoms with Crippen molar-refractivity contribution in [1.29, 1.82) is 0 Å². The Labute approximate surface area is 217 Å². The van der Waals surface area contributed by atoms with Crippen molar-refractivity contribution in [1.82, 2.24) is 4.90 Å². The quantitative estimate of drug-likeness (QED) is 0.0869. The third-order valence-electron chi connectivity index (χ3n) is 6.41. The molecule has 1 amide bonds. The van der Waals surface area contributed by atoms with Crippen molar-refractivity contribution < 1.29 is 28.8 Å². The Balaban J connectivity index is 1.71. The first-order valence-corrected chi connectivity index (χ1v) is 13.2. The molecule has 36 heavy (non-hydrogen) atoms. The maximum atomic E-state index is 13.0. The van der Waals surface area contributed by atoms with Crippen molar-refractivity contribution in [3.05, 3.63) is 32.8 Å². The molecule has 1 fully saturated rings. The van der Waals surface area contributed by atoms with Crippen LogP contribution in [0.3, 0.4) is 0 Å². The molecule has 1 saturated carbocycles. The Hall–Kier alpha value is -2.68. The Morgan fingerprint density at radius 1 is 1.08 bits per heavy atom. The minimum atomic E-state index is -0.654. The van der Waals surface area contributed by atoms with E-state index < -0.39 is 4.92 Å². The van der Waals surface area contributed by atoms with Crippen LogP contribution < -0.4 is 4.74 Å². The number of hydrogen-bond donors (Lipinski definition) is 0.